The molecule has 0 aromatic heterocycles. The van der Waals surface area contributed by atoms with Gasteiger partial charge in [-0.15, -0.1) is 0 Å². The number of hydrogen-bond donors (Lipinski definition) is 2. The number of carboxylic acids is 1. The van der Waals surface area contributed by atoms with Gasteiger partial charge in [0, 0.05) is 0 Å². The molecule has 0 aliphatic carbocycles. The lowest BCUT2D eigenvalue weighted by atomic mass is 10.1. The molecule has 2 N–H and O–H groups in total. The van der Waals surface area contributed by atoms with Crippen molar-refractivity contribution in [2.45, 2.75) is 19.8 Å². The van der Waals surface area contributed by atoms with Crippen LogP contribution in [0.2, 0.25) is 0 Å². The van der Waals surface area contributed by atoms with E-state index in [0.29, 0.717) is 6.42 Å². The number of aliphatic carboxylic acids is 1. The van der Waals surface area contributed by atoms with E-state index in [4.69, 9.17) is 10.2 Å². The Balaban J connectivity index is 3.54. The van der Waals surface area contributed by atoms with Gasteiger partial charge in [-0.25, -0.2) is 0 Å². The third kappa shape index (κ3) is 3.08. The Morgan fingerprint density at radius 3 is 2.33 bits per heavy atom. The number of carboxylic acid groups (broad SMARTS) is 1. The average Bonchev–Trinajstić information content (AvgIpc) is 1.82. The molecule has 0 aromatic rings. The van der Waals surface area contributed by atoms with E-state index in [9.17, 15) is 4.79 Å². The zero-order valence-corrected chi connectivity index (χ0v) is 5.50. The van der Waals surface area contributed by atoms with E-state index in [0.717, 1.165) is 6.42 Å². The summed E-state index contributed by atoms with van der Waals surface area (Å²) in [5, 5.41) is 16.8. The maximum absolute atomic E-state index is 10.2. The van der Waals surface area contributed by atoms with Gasteiger partial charge in [0.15, 0.2) is 0 Å². The number of aliphatic hydroxyl groups excluding tert-OH is 1. The molecule has 0 aliphatic rings. The fraction of sp³-hybridized carbons (Fsp3) is 0.833. The van der Waals surface area contributed by atoms with Crippen molar-refractivity contribution in [2.24, 2.45) is 5.92 Å². The lowest BCUT2D eigenvalue weighted by Gasteiger charge is -2.04. The summed E-state index contributed by atoms with van der Waals surface area (Å²) in [6, 6.07) is 0. The molecule has 9 heavy (non-hydrogen) atoms. The van der Waals surface area contributed by atoms with E-state index in [1.54, 1.807) is 0 Å². The van der Waals surface area contributed by atoms with Gasteiger partial charge in [-0.05, 0) is 6.42 Å². The molecule has 0 rings (SSSR count). The van der Waals surface area contributed by atoms with E-state index in [-0.39, 0.29) is 6.61 Å². The molecule has 0 aliphatic heterocycles. The Bertz CT molecular complexity index is 90.3. The molecule has 0 heterocycles. The molecule has 0 bridgehead atoms. The fourth-order valence-electron chi connectivity index (χ4n) is 0.641. The summed E-state index contributed by atoms with van der Waals surface area (Å²) in [5.41, 5.74) is 0. The first-order valence-electron chi connectivity index (χ1n) is 3.06. The molecular formula is C6H12O3. The molecule has 3 heteroatoms. The summed E-state index contributed by atoms with van der Waals surface area (Å²) in [6.07, 6.45) is 1.36. The predicted molar refractivity (Wildman–Crippen MR) is 33.1 cm³/mol. The number of hydrogen-bond acceptors (Lipinski definition) is 2. The molecular weight excluding hydrogens is 120 g/mol. The zero-order valence-electron chi connectivity index (χ0n) is 5.50. The highest BCUT2D eigenvalue weighted by atomic mass is 16.4. The van der Waals surface area contributed by atoms with Gasteiger partial charge in [0.1, 0.15) is 0 Å². The molecule has 54 valence electrons. The first-order chi connectivity index (χ1) is 4.22. The van der Waals surface area contributed by atoms with Crippen LogP contribution in [0.25, 0.3) is 0 Å². The van der Waals surface area contributed by atoms with Gasteiger partial charge >= 0.3 is 5.97 Å². The summed E-state index contributed by atoms with van der Waals surface area (Å²) in [6.45, 7) is 1.65. The van der Waals surface area contributed by atoms with Gasteiger partial charge in [0.05, 0.1) is 12.5 Å². The lowest BCUT2D eigenvalue weighted by Crippen LogP contribution is -2.16. The molecule has 0 radical (unpaired) electrons. The Morgan fingerprint density at radius 2 is 2.22 bits per heavy atom. The fourth-order valence-corrected chi connectivity index (χ4v) is 0.641. The standard InChI is InChI=1S/C6H12O3/c1-2-3-5(4-7)6(8)9/h5,7H,2-4H2,1H3,(H,8,9)/t5-/m1/s1. The van der Waals surface area contributed by atoms with Crippen molar-refractivity contribution in [1.29, 1.82) is 0 Å². The van der Waals surface area contributed by atoms with Crippen molar-refractivity contribution in [1.82, 2.24) is 0 Å². The minimum atomic E-state index is -0.903. The molecule has 0 saturated carbocycles. The van der Waals surface area contributed by atoms with E-state index in [2.05, 4.69) is 0 Å². The van der Waals surface area contributed by atoms with E-state index in [1.807, 2.05) is 6.92 Å². The van der Waals surface area contributed by atoms with Crippen LogP contribution < -0.4 is 0 Å². The highest BCUT2D eigenvalue weighted by Gasteiger charge is 2.13. The molecule has 0 fully saturated rings. The monoisotopic (exact) mass is 132 g/mol. The molecule has 0 amide bonds. The topological polar surface area (TPSA) is 57.5 Å². The minimum absolute atomic E-state index is 0.247. The van der Waals surface area contributed by atoms with Crippen molar-refractivity contribution in [2.75, 3.05) is 6.61 Å². The first kappa shape index (κ1) is 8.43. The van der Waals surface area contributed by atoms with Crippen molar-refractivity contribution in [3.05, 3.63) is 0 Å². The van der Waals surface area contributed by atoms with Crippen LogP contribution >= 0.6 is 0 Å². The van der Waals surface area contributed by atoms with Crippen LogP contribution in [0.1, 0.15) is 19.8 Å². The largest absolute Gasteiger partial charge is 0.481 e. The van der Waals surface area contributed by atoms with E-state index < -0.39 is 11.9 Å². The van der Waals surface area contributed by atoms with Crippen LogP contribution in [0.3, 0.4) is 0 Å². The molecule has 0 spiro atoms. The molecule has 0 unspecified atom stereocenters. The summed E-state index contributed by atoms with van der Waals surface area (Å²) < 4.78 is 0. The van der Waals surface area contributed by atoms with Crippen molar-refractivity contribution in [3.63, 3.8) is 0 Å². The number of rotatable bonds is 4. The van der Waals surface area contributed by atoms with Gasteiger partial charge in [-0.2, -0.15) is 0 Å². The quantitative estimate of drug-likeness (QED) is 0.585. The molecule has 0 saturated heterocycles. The smallest absolute Gasteiger partial charge is 0.308 e. The van der Waals surface area contributed by atoms with Crippen molar-refractivity contribution in [3.8, 4) is 0 Å². The van der Waals surface area contributed by atoms with Crippen LogP contribution in [-0.2, 0) is 4.79 Å². The second kappa shape index (κ2) is 4.32. The summed E-state index contributed by atoms with van der Waals surface area (Å²) in [4.78, 5) is 10.2. The van der Waals surface area contributed by atoms with Crippen LogP contribution in [0, 0.1) is 5.92 Å². The Morgan fingerprint density at radius 1 is 1.67 bits per heavy atom. The Labute approximate surface area is 54.3 Å². The van der Waals surface area contributed by atoms with Crippen LogP contribution in [-0.4, -0.2) is 22.8 Å². The third-order valence-corrected chi connectivity index (χ3v) is 1.21. The van der Waals surface area contributed by atoms with E-state index >= 15 is 0 Å². The second-order valence-electron chi connectivity index (χ2n) is 2.01. The average molecular weight is 132 g/mol. The zero-order chi connectivity index (χ0) is 7.28. The summed E-state index contributed by atoms with van der Waals surface area (Å²) >= 11 is 0. The van der Waals surface area contributed by atoms with Crippen LogP contribution in [0.5, 0.6) is 0 Å². The Hall–Kier alpha value is -0.570. The number of carbonyl (C=O) groups is 1. The van der Waals surface area contributed by atoms with Gasteiger partial charge in [0.25, 0.3) is 0 Å². The minimum Gasteiger partial charge on any atom is -0.481 e. The van der Waals surface area contributed by atoms with Crippen molar-refractivity contribution < 1.29 is 15.0 Å². The lowest BCUT2D eigenvalue weighted by molar-refractivity contribution is -0.143. The molecule has 1 atom stereocenters. The van der Waals surface area contributed by atoms with Gasteiger partial charge in [0.2, 0.25) is 0 Å². The van der Waals surface area contributed by atoms with Crippen LogP contribution in [0.4, 0.5) is 0 Å². The maximum Gasteiger partial charge on any atom is 0.308 e. The SMILES string of the molecule is CCC[C@H](CO)C(=O)O. The first-order valence-corrected chi connectivity index (χ1v) is 3.06. The maximum atomic E-state index is 10.2. The third-order valence-electron chi connectivity index (χ3n) is 1.21. The second-order valence-corrected chi connectivity index (χ2v) is 2.01. The van der Waals surface area contributed by atoms with Gasteiger partial charge in [-0.3, -0.25) is 4.79 Å². The van der Waals surface area contributed by atoms with E-state index in [1.165, 1.54) is 0 Å². The Kier molecular flexibility index (Phi) is 4.05. The van der Waals surface area contributed by atoms with Crippen LogP contribution in [0.15, 0.2) is 0 Å². The molecule has 0 aromatic carbocycles. The highest BCUT2D eigenvalue weighted by Crippen LogP contribution is 2.03. The van der Waals surface area contributed by atoms with Gasteiger partial charge in [-0.1, -0.05) is 13.3 Å². The van der Waals surface area contributed by atoms with Crippen molar-refractivity contribution >= 4 is 5.97 Å². The molecule has 3 nitrogen and oxygen atoms in total. The highest BCUT2D eigenvalue weighted by molar-refractivity contribution is 5.69. The predicted octanol–water partition coefficient (Wildman–Crippen LogP) is 0.480. The number of aliphatic hydroxyl groups is 1. The normalized spacial score (nSPS) is 13.1. The summed E-state index contributed by atoms with van der Waals surface area (Å²) in [5.74, 6) is -1.46. The van der Waals surface area contributed by atoms with Gasteiger partial charge < -0.3 is 10.2 Å². The summed E-state index contributed by atoms with van der Waals surface area (Å²) in [7, 11) is 0.